The average molecular weight is 389 g/mol. The molecule has 0 atom stereocenters. The molecule has 1 heterocycles. The third-order valence-corrected chi connectivity index (χ3v) is 4.89. The van der Waals surface area contributed by atoms with Gasteiger partial charge in [-0.05, 0) is 31.5 Å². The van der Waals surface area contributed by atoms with Crippen LogP contribution in [0.5, 0.6) is 5.75 Å². The number of amides is 1. The number of hydrogen-bond acceptors (Lipinski definition) is 6. The van der Waals surface area contributed by atoms with Crippen molar-refractivity contribution in [1.29, 1.82) is 0 Å². The SMILES string of the molecule is CCC(=O)Nc1ccc(C(=O)CSc2nc(C)c(CC)c(=O)[nH]2)cc1OC. The Morgan fingerprint density at radius 1 is 1.30 bits per heavy atom. The number of Topliss-reactive ketones (excluding diaryl/α,β-unsaturated/α-hetero) is 1. The maximum atomic E-state index is 12.5. The van der Waals surface area contributed by atoms with E-state index in [0.29, 0.717) is 46.3 Å². The van der Waals surface area contributed by atoms with E-state index in [2.05, 4.69) is 15.3 Å². The molecular weight excluding hydrogens is 366 g/mol. The van der Waals surface area contributed by atoms with E-state index in [9.17, 15) is 14.4 Å². The van der Waals surface area contributed by atoms with Gasteiger partial charge in [-0.25, -0.2) is 4.98 Å². The van der Waals surface area contributed by atoms with Crippen LogP contribution in [0.25, 0.3) is 0 Å². The summed E-state index contributed by atoms with van der Waals surface area (Å²) >= 11 is 1.18. The van der Waals surface area contributed by atoms with Crippen LogP contribution < -0.4 is 15.6 Å². The van der Waals surface area contributed by atoms with Crippen LogP contribution in [0.4, 0.5) is 5.69 Å². The summed E-state index contributed by atoms with van der Waals surface area (Å²) in [5.74, 6) is 0.273. The maximum Gasteiger partial charge on any atom is 0.254 e. The summed E-state index contributed by atoms with van der Waals surface area (Å²) < 4.78 is 5.27. The average Bonchev–Trinajstić information content (AvgIpc) is 2.66. The lowest BCUT2D eigenvalue weighted by Crippen LogP contribution is -2.17. The van der Waals surface area contributed by atoms with E-state index in [-0.39, 0.29) is 23.0 Å². The standard InChI is InChI=1S/C19H23N3O4S/c1-5-13-11(3)20-19(22-18(13)25)27-10-15(23)12-7-8-14(16(9-12)26-4)21-17(24)6-2/h7-9H,5-6,10H2,1-4H3,(H,21,24)(H,20,22,25). The highest BCUT2D eigenvalue weighted by Crippen LogP contribution is 2.27. The largest absolute Gasteiger partial charge is 0.495 e. The van der Waals surface area contributed by atoms with Gasteiger partial charge in [-0.2, -0.15) is 0 Å². The van der Waals surface area contributed by atoms with Crippen molar-refractivity contribution < 1.29 is 14.3 Å². The van der Waals surface area contributed by atoms with Gasteiger partial charge in [-0.1, -0.05) is 25.6 Å². The number of ketones is 1. The molecule has 0 bridgehead atoms. The highest BCUT2D eigenvalue weighted by molar-refractivity contribution is 7.99. The van der Waals surface area contributed by atoms with Crippen molar-refractivity contribution in [1.82, 2.24) is 9.97 Å². The Balaban J connectivity index is 2.12. The van der Waals surface area contributed by atoms with E-state index in [4.69, 9.17) is 4.74 Å². The number of aromatic amines is 1. The molecule has 2 aromatic rings. The van der Waals surface area contributed by atoms with E-state index >= 15 is 0 Å². The van der Waals surface area contributed by atoms with Gasteiger partial charge in [0.05, 0.1) is 18.6 Å². The molecule has 7 nitrogen and oxygen atoms in total. The second kappa shape index (κ2) is 9.36. The van der Waals surface area contributed by atoms with Gasteiger partial charge < -0.3 is 15.0 Å². The van der Waals surface area contributed by atoms with Crippen molar-refractivity contribution >= 4 is 29.1 Å². The van der Waals surface area contributed by atoms with Crippen molar-refractivity contribution in [2.75, 3.05) is 18.2 Å². The van der Waals surface area contributed by atoms with E-state index in [0.717, 1.165) is 0 Å². The fourth-order valence-electron chi connectivity index (χ4n) is 2.49. The molecule has 0 aliphatic carbocycles. The Labute approximate surface area is 161 Å². The molecule has 0 fully saturated rings. The first-order chi connectivity index (χ1) is 12.9. The Kier molecular flexibility index (Phi) is 7.18. The first kappa shape index (κ1) is 20.7. The number of H-pyrrole nitrogens is 1. The zero-order chi connectivity index (χ0) is 20.0. The van der Waals surface area contributed by atoms with Crippen LogP contribution in [-0.4, -0.2) is 34.5 Å². The molecule has 0 saturated carbocycles. The van der Waals surface area contributed by atoms with Crippen LogP contribution in [0.3, 0.4) is 0 Å². The molecule has 0 aliphatic heterocycles. The third kappa shape index (κ3) is 5.19. The van der Waals surface area contributed by atoms with E-state index in [1.165, 1.54) is 18.9 Å². The topological polar surface area (TPSA) is 101 Å². The van der Waals surface area contributed by atoms with Crippen LogP contribution >= 0.6 is 11.8 Å². The van der Waals surface area contributed by atoms with Crippen LogP contribution in [0, 0.1) is 6.92 Å². The Bertz CT molecular complexity index is 908. The highest BCUT2D eigenvalue weighted by Gasteiger charge is 2.14. The number of thioether (sulfide) groups is 1. The molecule has 0 radical (unpaired) electrons. The maximum absolute atomic E-state index is 12.5. The number of aryl methyl sites for hydroxylation is 1. The first-order valence-corrected chi connectivity index (χ1v) is 9.61. The molecular formula is C19H23N3O4S. The lowest BCUT2D eigenvalue weighted by Gasteiger charge is -2.11. The summed E-state index contributed by atoms with van der Waals surface area (Å²) in [5, 5.41) is 3.15. The Hall–Kier alpha value is -2.61. The van der Waals surface area contributed by atoms with Gasteiger partial charge in [0.15, 0.2) is 10.9 Å². The molecule has 1 aromatic carbocycles. The number of nitrogens with zero attached hydrogens (tertiary/aromatic N) is 1. The molecule has 0 aliphatic rings. The number of ether oxygens (including phenoxy) is 1. The normalized spacial score (nSPS) is 10.5. The number of hydrogen-bond donors (Lipinski definition) is 2. The van der Waals surface area contributed by atoms with E-state index in [1.54, 1.807) is 32.0 Å². The molecule has 1 aromatic heterocycles. The van der Waals surface area contributed by atoms with Crippen LogP contribution in [-0.2, 0) is 11.2 Å². The zero-order valence-electron chi connectivity index (χ0n) is 15.8. The molecule has 1 amide bonds. The van der Waals surface area contributed by atoms with Gasteiger partial charge in [0, 0.05) is 23.2 Å². The molecule has 0 unspecified atom stereocenters. The number of benzene rings is 1. The number of nitrogens with one attached hydrogen (secondary N) is 2. The van der Waals surface area contributed by atoms with Gasteiger partial charge in [0.2, 0.25) is 5.91 Å². The summed E-state index contributed by atoms with van der Waals surface area (Å²) in [5.41, 5.74) is 2.13. The van der Waals surface area contributed by atoms with Crippen LogP contribution in [0.1, 0.15) is 41.9 Å². The van der Waals surface area contributed by atoms with Crippen molar-refractivity contribution in [3.05, 3.63) is 45.4 Å². The predicted octanol–water partition coefficient (Wildman–Crippen LogP) is 2.97. The summed E-state index contributed by atoms with van der Waals surface area (Å²) in [4.78, 5) is 43.1. The fraction of sp³-hybridized carbons (Fsp3) is 0.368. The summed E-state index contributed by atoms with van der Waals surface area (Å²) in [6, 6.07) is 4.87. The van der Waals surface area contributed by atoms with Gasteiger partial charge in [-0.15, -0.1) is 0 Å². The number of carbonyl (C=O) groups excluding carboxylic acids is 2. The first-order valence-electron chi connectivity index (χ1n) is 8.63. The molecule has 27 heavy (non-hydrogen) atoms. The second-order valence-electron chi connectivity index (χ2n) is 5.82. The minimum Gasteiger partial charge on any atom is -0.495 e. The molecule has 144 valence electrons. The van der Waals surface area contributed by atoms with Gasteiger partial charge in [0.1, 0.15) is 5.75 Å². The lowest BCUT2D eigenvalue weighted by molar-refractivity contribution is -0.115. The highest BCUT2D eigenvalue weighted by atomic mass is 32.2. The van der Waals surface area contributed by atoms with Crippen molar-refractivity contribution in [3.8, 4) is 5.75 Å². The quantitative estimate of drug-likeness (QED) is 0.409. The fourth-order valence-corrected chi connectivity index (χ4v) is 3.29. The monoisotopic (exact) mass is 389 g/mol. The predicted molar refractivity (Wildman–Crippen MR) is 106 cm³/mol. The number of aromatic nitrogens is 2. The second-order valence-corrected chi connectivity index (χ2v) is 6.78. The number of methoxy groups -OCH3 is 1. The van der Waals surface area contributed by atoms with Crippen LogP contribution in [0.2, 0.25) is 0 Å². The minimum absolute atomic E-state index is 0.123. The van der Waals surface area contributed by atoms with E-state index < -0.39 is 0 Å². The summed E-state index contributed by atoms with van der Waals surface area (Å²) in [6.45, 7) is 5.44. The van der Waals surface area contributed by atoms with Gasteiger partial charge in [-0.3, -0.25) is 14.4 Å². The van der Waals surface area contributed by atoms with Crippen molar-refractivity contribution in [2.45, 2.75) is 38.8 Å². The zero-order valence-corrected chi connectivity index (χ0v) is 16.7. The minimum atomic E-state index is -0.169. The third-order valence-electron chi connectivity index (χ3n) is 4.01. The number of anilines is 1. The summed E-state index contributed by atoms with van der Waals surface area (Å²) in [7, 11) is 1.48. The number of carbonyl (C=O) groups is 2. The van der Waals surface area contributed by atoms with Crippen LogP contribution in [0.15, 0.2) is 28.2 Å². The summed E-state index contributed by atoms with van der Waals surface area (Å²) in [6.07, 6.45) is 0.959. The molecule has 0 saturated heterocycles. The van der Waals surface area contributed by atoms with Crippen molar-refractivity contribution in [2.24, 2.45) is 0 Å². The van der Waals surface area contributed by atoms with E-state index in [1.807, 2.05) is 6.92 Å². The Morgan fingerprint density at radius 3 is 2.63 bits per heavy atom. The molecule has 2 rings (SSSR count). The van der Waals surface area contributed by atoms with Gasteiger partial charge in [0.25, 0.3) is 5.56 Å². The lowest BCUT2D eigenvalue weighted by atomic mass is 10.1. The molecule has 0 spiro atoms. The number of rotatable bonds is 8. The van der Waals surface area contributed by atoms with Gasteiger partial charge >= 0.3 is 0 Å². The molecule has 8 heteroatoms. The molecule has 2 N–H and O–H groups in total. The smallest absolute Gasteiger partial charge is 0.254 e. The Morgan fingerprint density at radius 2 is 2.04 bits per heavy atom. The van der Waals surface area contributed by atoms with Crippen molar-refractivity contribution in [3.63, 3.8) is 0 Å².